The highest BCUT2D eigenvalue weighted by Gasteiger charge is 2.42. The molecule has 1 N–H and O–H groups in total. The summed E-state index contributed by atoms with van der Waals surface area (Å²) in [5.41, 5.74) is -0.208. The fraction of sp³-hybridized carbons (Fsp3) is 0.929. The van der Waals surface area contributed by atoms with Crippen molar-refractivity contribution in [3.05, 3.63) is 0 Å². The number of hydrogen-bond donors (Lipinski definition) is 1. The first-order chi connectivity index (χ1) is 8.31. The van der Waals surface area contributed by atoms with E-state index < -0.39 is 0 Å². The Bertz CT molecular complexity index is 312. The molecule has 0 aromatic heterocycles. The maximum Gasteiger partial charge on any atom is 0.109 e. The standard InChI is InChI=1S/C14H23N3/c15-11-14(16-12-4-1-2-5-12)7-9-17-8-3-6-13(17)10-14/h12-13,16H,1-10H2. The van der Waals surface area contributed by atoms with Crippen molar-refractivity contribution in [1.29, 1.82) is 5.26 Å². The summed E-state index contributed by atoms with van der Waals surface area (Å²) < 4.78 is 0. The van der Waals surface area contributed by atoms with E-state index in [1.54, 1.807) is 0 Å². The molecule has 3 heteroatoms. The summed E-state index contributed by atoms with van der Waals surface area (Å²) in [7, 11) is 0. The minimum Gasteiger partial charge on any atom is -0.300 e. The molecule has 2 saturated heterocycles. The first-order valence-electron chi connectivity index (χ1n) is 7.24. The maximum atomic E-state index is 9.59. The molecule has 0 amide bonds. The van der Waals surface area contributed by atoms with Crippen LogP contribution in [0.25, 0.3) is 0 Å². The first kappa shape index (κ1) is 11.5. The summed E-state index contributed by atoms with van der Waals surface area (Å²) in [6.07, 6.45) is 9.95. The van der Waals surface area contributed by atoms with Crippen LogP contribution in [-0.4, -0.2) is 35.6 Å². The van der Waals surface area contributed by atoms with Gasteiger partial charge in [0.05, 0.1) is 6.07 Å². The molecule has 0 radical (unpaired) electrons. The minimum atomic E-state index is -0.208. The zero-order valence-corrected chi connectivity index (χ0v) is 10.6. The van der Waals surface area contributed by atoms with E-state index in [0.717, 1.165) is 19.4 Å². The second-order valence-electron chi connectivity index (χ2n) is 6.11. The molecule has 1 saturated carbocycles. The Balaban J connectivity index is 1.67. The second-order valence-corrected chi connectivity index (χ2v) is 6.11. The highest BCUT2D eigenvalue weighted by atomic mass is 15.2. The lowest BCUT2D eigenvalue weighted by Gasteiger charge is -2.41. The van der Waals surface area contributed by atoms with Gasteiger partial charge in [0.15, 0.2) is 0 Å². The molecule has 1 aliphatic carbocycles. The summed E-state index contributed by atoms with van der Waals surface area (Å²) in [4.78, 5) is 2.59. The second kappa shape index (κ2) is 4.59. The van der Waals surface area contributed by atoms with E-state index in [9.17, 15) is 5.26 Å². The minimum absolute atomic E-state index is 0.208. The Hall–Kier alpha value is -0.590. The molecule has 3 rings (SSSR count). The molecule has 2 heterocycles. The van der Waals surface area contributed by atoms with Gasteiger partial charge in [0, 0.05) is 18.6 Å². The van der Waals surface area contributed by atoms with Crippen molar-refractivity contribution in [2.45, 2.75) is 69.0 Å². The van der Waals surface area contributed by atoms with Crippen LogP contribution >= 0.6 is 0 Å². The SMILES string of the molecule is N#CC1(NC2CCCC2)CCN2CCCC2C1. The van der Waals surface area contributed by atoms with Gasteiger partial charge >= 0.3 is 0 Å². The molecule has 0 aromatic rings. The third kappa shape index (κ3) is 2.21. The molecule has 3 fully saturated rings. The van der Waals surface area contributed by atoms with Crippen molar-refractivity contribution in [1.82, 2.24) is 10.2 Å². The molecule has 3 aliphatic rings. The Morgan fingerprint density at radius 3 is 2.71 bits per heavy atom. The molecule has 2 atom stereocenters. The largest absolute Gasteiger partial charge is 0.300 e. The van der Waals surface area contributed by atoms with E-state index in [2.05, 4.69) is 16.3 Å². The van der Waals surface area contributed by atoms with Crippen LogP contribution in [0.15, 0.2) is 0 Å². The van der Waals surface area contributed by atoms with Crippen molar-refractivity contribution < 1.29 is 0 Å². The number of nitrogens with one attached hydrogen (secondary N) is 1. The van der Waals surface area contributed by atoms with Crippen LogP contribution in [0.4, 0.5) is 0 Å². The molecule has 0 spiro atoms. The van der Waals surface area contributed by atoms with Crippen LogP contribution in [0.1, 0.15) is 51.4 Å². The summed E-state index contributed by atoms with van der Waals surface area (Å²) in [5.74, 6) is 0. The fourth-order valence-electron chi connectivity index (χ4n) is 3.99. The van der Waals surface area contributed by atoms with Gasteiger partial charge in [-0.2, -0.15) is 5.26 Å². The highest BCUT2D eigenvalue weighted by molar-refractivity contribution is 5.13. The normalized spacial score (nSPS) is 39.1. The van der Waals surface area contributed by atoms with Gasteiger partial charge in [-0.3, -0.25) is 5.32 Å². The lowest BCUT2D eigenvalue weighted by atomic mass is 9.83. The van der Waals surface area contributed by atoms with Crippen molar-refractivity contribution >= 4 is 0 Å². The van der Waals surface area contributed by atoms with Crippen molar-refractivity contribution in [2.24, 2.45) is 0 Å². The van der Waals surface area contributed by atoms with Gasteiger partial charge in [-0.25, -0.2) is 0 Å². The Morgan fingerprint density at radius 1 is 1.12 bits per heavy atom. The smallest absolute Gasteiger partial charge is 0.109 e. The van der Waals surface area contributed by atoms with Crippen LogP contribution in [0.3, 0.4) is 0 Å². The number of rotatable bonds is 2. The van der Waals surface area contributed by atoms with Gasteiger partial charge in [0.25, 0.3) is 0 Å². The van der Waals surface area contributed by atoms with Crippen LogP contribution in [0.2, 0.25) is 0 Å². The molecular formula is C14H23N3. The van der Waals surface area contributed by atoms with Gasteiger partial charge in [-0.1, -0.05) is 12.8 Å². The number of fused-ring (bicyclic) bond motifs is 1. The molecule has 0 bridgehead atoms. The Kier molecular flexibility index (Phi) is 3.10. The average Bonchev–Trinajstić information content (AvgIpc) is 2.99. The summed E-state index contributed by atoms with van der Waals surface area (Å²) in [5, 5.41) is 13.3. The summed E-state index contributed by atoms with van der Waals surface area (Å²) in [6.45, 7) is 2.38. The number of nitrogens with zero attached hydrogens (tertiary/aromatic N) is 2. The van der Waals surface area contributed by atoms with Crippen LogP contribution in [0.5, 0.6) is 0 Å². The zero-order valence-electron chi connectivity index (χ0n) is 10.6. The highest BCUT2D eigenvalue weighted by Crippen LogP contribution is 2.34. The predicted octanol–water partition coefficient (Wildman–Crippen LogP) is 2.04. The van der Waals surface area contributed by atoms with Gasteiger partial charge in [-0.15, -0.1) is 0 Å². The number of hydrogen-bond acceptors (Lipinski definition) is 3. The van der Waals surface area contributed by atoms with Gasteiger partial charge < -0.3 is 4.90 Å². The molecular weight excluding hydrogens is 210 g/mol. The van der Waals surface area contributed by atoms with E-state index in [-0.39, 0.29) is 5.54 Å². The predicted molar refractivity (Wildman–Crippen MR) is 67.6 cm³/mol. The lowest BCUT2D eigenvalue weighted by molar-refractivity contribution is 0.129. The Labute approximate surface area is 104 Å². The maximum absolute atomic E-state index is 9.59. The average molecular weight is 233 g/mol. The molecule has 94 valence electrons. The number of piperidine rings is 1. The van der Waals surface area contributed by atoms with Gasteiger partial charge in [-0.05, 0) is 45.1 Å². The van der Waals surface area contributed by atoms with Crippen LogP contribution in [-0.2, 0) is 0 Å². The molecule has 0 aromatic carbocycles. The van der Waals surface area contributed by atoms with Gasteiger partial charge in [0.1, 0.15) is 5.54 Å². The molecule has 17 heavy (non-hydrogen) atoms. The number of nitriles is 1. The van der Waals surface area contributed by atoms with Crippen molar-refractivity contribution in [3.63, 3.8) is 0 Å². The lowest BCUT2D eigenvalue weighted by Crippen LogP contribution is -2.57. The molecule has 3 nitrogen and oxygen atoms in total. The fourth-order valence-corrected chi connectivity index (χ4v) is 3.99. The topological polar surface area (TPSA) is 39.1 Å². The Morgan fingerprint density at radius 2 is 1.94 bits per heavy atom. The quantitative estimate of drug-likeness (QED) is 0.793. The zero-order chi connectivity index (χ0) is 11.7. The van der Waals surface area contributed by atoms with E-state index in [4.69, 9.17) is 0 Å². The molecule has 2 unspecified atom stereocenters. The van der Waals surface area contributed by atoms with Crippen molar-refractivity contribution in [2.75, 3.05) is 13.1 Å². The van der Waals surface area contributed by atoms with E-state index >= 15 is 0 Å². The third-order valence-electron chi connectivity index (χ3n) is 4.96. The molecule has 2 aliphatic heterocycles. The summed E-state index contributed by atoms with van der Waals surface area (Å²) >= 11 is 0. The van der Waals surface area contributed by atoms with Crippen LogP contribution in [0, 0.1) is 11.3 Å². The van der Waals surface area contributed by atoms with E-state index in [1.807, 2.05) is 0 Å². The van der Waals surface area contributed by atoms with Crippen molar-refractivity contribution in [3.8, 4) is 6.07 Å². The van der Waals surface area contributed by atoms with Crippen LogP contribution < -0.4 is 5.32 Å². The monoisotopic (exact) mass is 233 g/mol. The summed E-state index contributed by atoms with van der Waals surface area (Å²) in [6, 6.07) is 3.91. The van der Waals surface area contributed by atoms with E-state index in [1.165, 1.54) is 45.1 Å². The first-order valence-corrected chi connectivity index (χ1v) is 7.24. The van der Waals surface area contributed by atoms with Gasteiger partial charge in [0.2, 0.25) is 0 Å². The van der Waals surface area contributed by atoms with E-state index in [0.29, 0.717) is 12.1 Å². The third-order valence-corrected chi connectivity index (χ3v) is 4.96.